The minimum Gasteiger partial charge on any atom is -0.465 e. The molecular weight excluding hydrogens is 450 g/mol. The van der Waals surface area contributed by atoms with E-state index in [-0.39, 0.29) is 22.8 Å². The summed E-state index contributed by atoms with van der Waals surface area (Å²) in [5, 5.41) is 12.1. The van der Waals surface area contributed by atoms with Gasteiger partial charge in [-0.2, -0.15) is 0 Å². The number of rotatable bonds is 8. The van der Waals surface area contributed by atoms with Crippen LogP contribution in [0.4, 0.5) is 11.6 Å². The summed E-state index contributed by atoms with van der Waals surface area (Å²) in [5.41, 5.74) is 0.556. The number of thioether (sulfide) groups is 1. The third-order valence-electron chi connectivity index (χ3n) is 5.24. The van der Waals surface area contributed by atoms with E-state index in [0.29, 0.717) is 30.1 Å². The van der Waals surface area contributed by atoms with Crippen molar-refractivity contribution in [3.63, 3.8) is 0 Å². The van der Waals surface area contributed by atoms with E-state index in [9.17, 15) is 14.4 Å². The van der Waals surface area contributed by atoms with E-state index in [1.807, 2.05) is 0 Å². The van der Waals surface area contributed by atoms with E-state index < -0.39 is 11.9 Å². The number of carbonyl (C=O) groups is 3. The molecule has 1 aliphatic carbocycles. The highest BCUT2D eigenvalue weighted by Gasteiger charge is 2.32. The van der Waals surface area contributed by atoms with Gasteiger partial charge in [-0.05, 0) is 31.0 Å². The normalized spacial score (nSPS) is 15.8. The standard InChI is InChI=1S/C21H25N5O6S/c1-30-18(28)13-9-14(19(29)31-2)11-15(10-13)22-17(27)12-33-21-24-23-20(26(21)16-3-4-16)25-5-7-32-8-6-25/h9-11,16H,3-8,12H2,1-2H3,(H,22,27). The van der Waals surface area contributed by atoms with Crippen LogP contribution < -0.4 is 10.2 Å². The van der Waals surface area contributed by atoms with Gasteiger partial charge in [0.15, 0.2) is 5.16 Å². The number of hydrogen-bond donors (Lipinski definition) is 1. The second kappa shape index (κ2) is 10.2. The lowest BCUT2D eigenvalue weighted by atomic mass is 10.1. The Kier molecular flexibility index (Phi) is 7.14. The summed E-state index contributed by atoms with van der Waals surface area (Å²) in [5.74, 6) is -0.657. The van der Waals surface area contributed by atoms with Crippen molar-refractivity contribution in [2.75, 3.05) is 56.5 Å². The smallest absolute Gasteiger partial charge is 0.337 e. The number of nitrogens with one attached hydrogen (secondary N) is 1. The maximum absolute atomic E-state index is 12.6. The molecule has 33 heavy (non-hydrogen) atoms. The Balaban J connectivity index is 1.45. The molecule has 0 spiro atoms. The number of benzene rings is 1. The molecule has 1 amide bonds. The lowest BCUT2D eigenvalue weighted by Crippen LogP contribution is -2.38. The third kappa shape index (κ3) is 5.45. The number of ether oxygens (including phenoxy) is 3. The first-order valence-corrected chi connectivity index (χ1v) is 11.5. The van der Waals surface area contributed by atoms with E-state index in [4.69, 9.17) is 14.2 Å². The molecule has 2 heterocycles. The predicted molar refractivity (Wildman–Crippen MR) is 120 cm³/mol. The van der Waals surface area contributed by atoms with E-state index in [0.717, 1.165) is 31.9 Å². The van der Waals surface area contributed by atoms with Crippen molar-refractivity contribution >= 4 is 41.2 Å². The number of hydrogen-bond acceptors (Lipinski definition) is 10. The molecule has 1 aliphatic heterocycles. The second-order valence-corrected chi connectivity index (χ2v) is 8.54. The van der Waals surface area contributed by atoms with Gasteiger partial charge in [0.05, 0.1) is 44.3 Å². The molecule has 0 radical (unpaired) electrons. The minimum atomic E-state index is -0.626. The molecular formula is C21H25N5O6S. The molecule has 0 unspecified atom stereocenters. The molecule has 1 saturated heterocycles. The van der Waals surface area contributed by atoms with Gasteiger partial charge in [-0.25, -0.2) is 9.59 Å². The number of amides is 1. The molecule has 0 atom stereocenters. The number of nitrogens with zero attached hydrogens (tertiary/aromatic N) is 4. The lowest BCUT2D eigenvalue weighted by molar-refractivity contribution is -0.113. The highest BCUT2D eigenvalue weighted by Crippen LogP contribution is 2.41. The summed E-state index contributed by atoms with van der Waals surface area (Å²) in [7, 11) is 2.48. The zero-order valence-electron chi connectivity index (χ0n) is 18.4. The second-order valence-electron chi connectivity index (χ2n) is 7.60. The summed E-state index contributed by atoms with van der Waals surface area (Å²) >= 11 is 1.29. The largest absolute Gasteiger partial charge is 0.465 e. The molecule has 2 fully saturated rings. The molecule has 12 heteroatoms. The van der Waals surface area contributed by atoms with E-state index in [1.165, 1.54) is 44.2 Å². The molecule has 11 nitrogen and oxygen atoms in total. The lowest BCUT2D eigenvalue weighted by Gasteiger charge is -2.27. The van der Waals surface area contributed by atoms with E-state index in [1.54, 1.807) is 0 Å². The molecule has 176 valence electrons. The number of anilines is 2. The molecule has 2 aromatic rings. The zero-order chi connectivity index (χ0) is 23.4. The Hall–Kier alpha value is -3.12. The molecule has 1 N–H and O–H groups in total. The Labute approximate surface area is 194 Å². The maximum Gasteiger partial charge on any atom is 0.337 e. The fraction of sp³-hybridized carbons (Fsp3) is 0.476. The predicted octanol–water partition coefficient (Wildman–Crippen LogP) is 1.75. The van der Waals surface area contributed by atoms with Crippen LogP contribution in [0.3, 0.4) is 0 Å². The average molecular weight is 476 g/mol. The number of esters is 2. The van der Waals surface area contributed by atoms with Crippen LogP contribution >= 0.6 is 11.8 Å². The van der Waals surface area contributed by atoms with Crippen molar-refractivity contribution in [2.45, 2.75) is 24.0 Å². The van der Waals surface area contributed by atoms with Crippen LogP contribution in [-0.4, -0.2) is 78.9 Å². The van der Waals surface area contributed by atoms with Crippen molar-refractivity contribution in [3.05, 3.63) is 29.3 Å². The quantitative estimate of drug-likeness (QED) is 0.446. The van der Waals surface area contributed by atoms with Crippen molar-refractivity contribution in [1.82, 2.24) is 14.8 Å². The molecule has 1 aromatic carbocycles. The average Bonchev–Trinajstić information content (AvgIpc) is 3.60. The Morgan fingerprint density at radius 3 is 2.27 bits per heavy atom. The summed E-state index contributed by atoms with van der Waals surface area (Å²) in [6, 6.07) is 4.60. The number of aromatic nitrogens is 3. The number of carbonyl (C=O) groups excluding carboxylic acids is 3. The van der Waals surface area contributed by atoms with Gasteiger partial charge in [-0.15, -0.1) is 10.2 Å². The van der Waals surface area contributed by atoms with Crippen LogP contribution in [-0.2, 0) is 19.0 Å². The van der Waals surface area contributed by atoms with Crippen LogP contribution in [0.15, 0.2) is 23.4 Å². The Bertz CT molecular complexity index is 1010. The van der Waals surface area contributed by atoms with Crippen LogP contribution in [0.1, 0.15) is 39.6 Å². The molecule has 4 rings (SSSR count). The van der Waals surface area contributed by atoms with Crippen LogP contribution in [0.25, 0.3) is 0 Å². The van der Waals surface area contributed by atoms with Gasteiger partial charge in [0.25, 0.3) is 0 Å². The number of methoxy groups -OCH3 is 2. The van der Waals surface area contributed by atoms with E-state index >= 15 is 0 Å². The maximum atomic E-state index is 12.6. The van der Waals surface area contributed by atoms with Crippen molar-refractivity contribution < 1.29 is 28.6 Å². The molecule has 1 aromatic heterocycles. The SMILES string of the molecule is COC(=O)c1cc(NC(=O)CSc2nnc(N3CCOCC3)n2C2CC2)cc(C(=O)OC)c1. The van der Waals surface area contributed by atoms with Gasteiger partial charge in [0, 0.05) is 24.8 Å². The van der Waals surface area contributed by atoms with Crippen LogP contribution in [0.5, 0.6) is 0 Å². The highest BCUT2D eigenvalue weighted by molar-refractivity contribution is 7.99. The van der Waals surface area contributed by atoms with Gasteiger partial charge >= 0.3 is 11.9 Å². The third-order valence-corrected chi connectivity index (χ3v) is 6.19. The summed E-state index contributed by atoms with van der Waals surface area (Å²) < 4.78 is 17.0. The first kappa shape index (κ1) is 23.1. The van der Waals surface area contributed by atoms with Crippen molar-refractivity contribution in [3.8, 4) is 0 Å². The number of morpholine rings is 1. The van der Waals surface area contributed by atoms with Crippen LogP contribution in [0, 0.1) is 0 Å². The first-order chi connectivity index (χ1) is 16.0. The Morgan fingerprint density at radius 2 is 1.70 bits per heavy atom. The summed E-state index contributed by atoms with van der Waals surface area (Å²) in [6.45, 7) is 2.82. The zero-order valence-corrected chi connectivity index (χ0v) is 19.2. The fourth-order valence-corrected chi connectivity index (χ4v) is 4.30. The first-order valence-electron chi connectivity index (χ1n) is 10.5. The van der Waals surface area contributed by atoms with Crippen LogP contribution in [0.2, 0.25) is 0 Å². The fourth-order valence-electron chi connectivity index (χ4n) is 3.50. The van der Waals surface area contributed by atoms with Gasteiger partial charge in [-0.3, -0.25) is 9.36 Å². The highest BCUT2D eigenvalue weighted by atomic mass is 32.2. The summed E-state index contributed by atoms with van der Waals surface area (Å²) in [6.07, 6.45) is 2.12. The van der Waals surface area contributed by atoms with Crippen molar-refractivity contribution in [1.29, 1.82) is 0 Å². The van der Waals surface area contributed by atoms with Gasteiger partial charge in [0.1, 0.15) is 0 Å². The summed E-state index contributed by atoms with van der Waals surface area (Å²) in [4.78, 5) is 38.7. The minimum absolute atomic E-state index is 0.0873. The van der Waals surface area contributed by atoms with Gasteiger partial charge in [-0.1, -0.05) is 11.8 Å². The Morgan fingerprint density at radius 1 is 1.06 bits per heavy atom. The van der Waals surface area contributed by atoms with Crippen molar-refractivity contribution in [2.24, 2.45) is 0 Å². The topological polar surface area (TPSA) is 125 Å². The molecule has 2 aliphatic rings. The molecule has 1 saturated carbocycles. The van der Waals surface area contributed by atoms with Gasteiger partial charge in [0.2, 0.25) is 11.9 Å². The molecule has 0 bridgehead atoms. The van der Waals surface area contributed by atoms with Gasteiger partial charge < -0.3 is 24.4 Å². The van der Waals surface area contributed by atoms with E-state index in [2.05, 4.69) is 25.0 Å². The monoisotopic (exact) mass is 475 g/mol.